The molecule has 0 N–H and O–H groups in total. The van der Waals surface area contributed by atoms with Gasteiger partial charge in [0.05, 0.1) is 18.8 Å². The number of carbonyl (C=O) groups is 1. The smallest absolute Gasteiger partial charge is 0.333 e. The van der Waals surface area contributed by atoms with Gasteiger partial charge in [-0.1, -0.05) is 43.2 Å². The van der Waals surface area contributed by atoms with Crippen LogP contribution < -0.4 is 0 Å². The first-order chi connectivity index (χ1) is 11.4. The summed E-state index contributed by atoms with van der Waals surface area (Å²) in [5.41, 5.74) is 3.56. The van der Waals surface area contributed by atoms with Gasteiger partial charge in [0.1, 0.15) is 0 Å². The molecule has 2 atom stereocenters. The first-order valence-corrected chi connectivity index (χ1v) is 9.17. The van der Waals surface area contributed by atoms with Crippen molar-refractivity contribution in [3.05, 3.63) is 34.9 Å². The van der Waals surface area contributed by atoms with Gasteiger partial charge in [-0.05, 0) is 58.3 Å². The molecule has 1 aliphatic carbocycles. The molecule has 24 heavy (non-hydrogen) atoms. The van der Waals surface area contributed by atoms with Crippen LogP contribution in [0.15, 0.2) is 34.9 Å². The summed E-state index contributed by atoms with van der Waals surface area (Å²) in [7, 11) is 1.45. The molecule has 3 nitrogen and oxygen atoms in total. The fourth-order valence-electron chi connectivity index (χ4n) is 3.37. The molecule has 2 rings (SSSR count). The maximum absolute atomic E-state index is 12.1. The fourth-order valence-corrected chi connectivity index (χ4v) is 3.37. The van der Waals surface area contributed by atoms with Crippen molar-refractivity contribution in [3.63, 3.8) is 0 Å². The van der Waals surface area contributed by atoms with Crippen molar-refractivity contribution in [2.45, 2.75) is 77.9 Å². The van der Waals surface area contributed by atoms with E-state index in [0.29, 0.717) is 12.3 Å². The minimum Gasteiger partial charge on any atom is -0.466 e. The number of hydrogen-bond donors (Lipinski definition) is 0. The molecule has 0 bridgehead atoms. The van der Waals surface area contributed by atoms with Crippen molar-refractivity contribution in [2.24, 2.45) is 5.92 Å². The van der Waals surface area contributed by atoms with Gasteiger partial charge < -0.3 is 9.47 Å². The molecule has 1 fully saturated rings. The Kier molecular flexibility index (Phi) is 6.45. The Hall–Kier alpha value is -1.35. The number of allylic oxidation sites excluding steroid dienone is 5. The van der Waals surface area contributed by atoms with E-state index in [-0.39, 0.29) is 17.7 Å². The second-order valence-corrected chi connectivity index (χ2v) is 7.63. The van der Waals surface area contributed by atoms with E-state index < -0.39 is 0 Å². The summed E-state index contributed by atoms with van der Waals surface area (Å²) in [5.74, 6) is 0.260. The molecule has 0 unspecified atom stereocenters. The molecule has 0 spiro atoms. The van der Waals surface area contributed by atoms with E-state index in [1.54, 1.807) is 0 Å². The molecular formula is C21H32O3. The third-order valence-corrected chi connectivity index (χ3v) is 5.34. The first-order valence-electron chi connectivity index (χ1n) is 9.17. The van der Waals surface area contributed by atoms with E-state index in [0.717, 1.165) is 37.7 Å². The Bertz CT molecular complexity index is 553. The van der Waals surface area contributed by atoms with Gasteiger partial charge in [-0.15, -0.1) is 0 Å². The topological polar surface area (TPSA) is 38.8 Å². The van der Waals surface area contributed by atoms with Crippen LogP contribution in [0.5, 0.6) is 0 Å². The number of carbonyl (C=O) groups excluding carboxylic acids is 1. The highest BCUT2D eigenvalue weighted by Gasteiger charge is 2.50. The molecular weight excluding hydrogens is 300 g/mol. The molecule has 1 saturated heterocycles. The van der Waals surface area contributed by atoms with Gasteiger partial charge in [0, 0.05) is 5.57 Å². The largest absolute Gasteiger partial charge is 0.466 e. The third kappa shape index (κ3) is 5.07. The maximum Gasteiger partial charge on any atom is 0.333 e. The van der Waals surface area contributed by atoms with E-state index in [2.05, 4.69) is 39.8 Å². The van der Waals surface area contributed by atoms with Crippen molar-refractivity contribution in [1.82, 2.24) is 0 Å². The standard InChI is InChI=1S/C21H32O3/c1-15(2)17-9-8-16(3)7-6-14-21(4)19(24-21)13-12-18(11-10-17)20(22)23-5/h7,10-11,15,19H,6,8-9,12-14H2,1-5H3/b16-7+,17-10+,18-11-/t19-,21-/m1/s1. The monoisotopic (exact) mass is 332 g/mol. The van der Waals surface area contributed by atoms with E-state index in [1.807, 2.05) is 6.08 Å². The van der Waals surface area contributed by atoms with Gasteiger partial charge in [-0.2, -0.15) is 0 Å². The van der Waals surface area contributed by atoms with Crippen LogP contribution in [-0.4, -0.2) is 24.8 Å². The van der Waals surface area contributed by atoms with E-state index >= 15 is 0 Å². The molecule has 3 heteroatoms. The number of ether oxygens (including phenoxy) is 2. The van der Waals surface area contributed by atoms with Gasteiger partial charge in [0.2, 0.25) is 0 Å². The summed E-state index contributed by atoms with van der Waals surface area (Å²) in [4.78, 5) is 12.1. The van der Waals surface area contributed by atoms with Gasteiger partial charge >= 0.3 is 5.97 Å². The second kappa shape index (κ2) is 8.15. The summed E-state index contributed by atoms with van der Waals surface area (Å²) in [6.45, 7) is 8.82. The zero-order valence-electron chi connectivity index (χ0n) is 15.9. The highest BCUT2D eigenvalue weighted by atomic mass is 16.6. The van der Waals surface area contributed by atoms with Gasteiger partial charge in [0.25, 0.3) is 0 Å². The summed E-state index contributed by atoms with van der Waals surface area (Å²) in [6, 6.07) is 0. The fraction of sp³-hybridized carbons (Fsp3) is 0.667. The zero-order chi connectivity index (χ0) is 17.7. The van der Waals surface area contributed by atoms with E-state index in [1.165, 1.54) is 18.3 Å². The van der Waals surface area contributed by atoms with Crippen LogP contribution in [0.3, 0.4) is 0 Å². The van der Waals surface area contributed by atoms with Crippen LogP contribution in [0.1, 0.15) is 66.2 Å². The Morgan fingerprint density at radius 2 is 2.04 bits per heavy atom. The molecule has 2 aliphatic rings. The molecule has 0 saturated carbocycles. The normalized spacial score (nSPS) is 35.4. The predicted molar refractivity (Wildman–Crippen MR) is 97.8 cm³/mol. The highest BCUT2D eigenvalue weighted by molar-refractivity contribution is 5.88. The molecule has 1 heterocycles. The molecule has 0 amide bonds. The number of rotatable bonds is 2. The van der Waals surface area contributed by atoms with Crippen molar-refractivity contribution in [3.8, 4) is 0 Å². The molecule has 0 aromatic rings. The summed E-state index contributed by atoms with van der Waals surface area (Å²) < 4.78 is 10.9. The molecule has 0 radical (unpaired) electrons. The van der Waals surface area contributed by atoms with Crippen LogP contribution in [0.2, 0.25) is 0 Å². The summed E-state index contributed by atoms with van der Waals surface area (Å²) >= 11 is 0. The average Bonchev–Trinajstić information content (AvgIpc) is 3.18. The van der Waals surface area contributed by atoms with Gasteiger partial charge in [-0.25, -0.2) is 4.79 Å². The lowest BCUT2D eigenvalue weighted by molar-refractivity contribution is -0.136. The third-order valence-electron chi connectivity index (χ3n) is 5.34. The summed E-state index contributed by atoms with van der Waals surface area (Å²) in [6.07, 6.45) is 12.6. The van der Waals surface area contributed by atoms with Crippen LogP contribution in [-0.2, 0) is 14.3 Å². The summed E-state index contributed by atoms with van der Waals surface area (Å²) in [5, 5.41) is 0. The minimum atomic E-state index is -0.222. The van der Waals surface area contributed by atoms with Crippen molar-refractivity contribution >= 4 is 5.97 Å². The molecule has 134 valence electrons. The van der Waals surface area contributed by atoms with Crippen LogP contribution >= 0.6 is 0 Å². The van der Waals surface area contributed by atoms with Crippen LogP contribution in [0, 0.1) is 5.92 Å². The number of esters is 1. The van der Waals surface area contributed by atoms with Crippen molar-refractivity contribution in [2.75, 3.05) is 7.11 Å². The predicted octanol–water partition coefficient (Wildman–Crippen LogP) is 5.13. The number of methoxy groups -OCH3 is 1. The Balaban J connectivity index is 2.23. The lowest BCUT2D eigenvalue weighted by Gasteiger charge is -2.13. The lowest BCUT2D eigenvalue weighted by Crippen LogP contribution is -2.11. The van der Waals surface area contributed by atoms with Crippen molar-refractivity contribution in [1.29, 1.82) is 0 Å². The van der Waals surface area contributed by atoms with Crippen molar-refractivity contribution < 1.29 is 14.3 Å². The Labute approximate surface area is 146 Å². The maximum atomic E-state index is 12.1. The van der Waals surface area contributed by atoms with Gasteiger partial charge in [-0.3, -0.25) is 0 Å². The molecule has 0 aromatic heterocycles. The number of hydrogen-bond acceptors (Lipinski definition) is 3. The van der Waals surface area contributed by atoms with Crippen LogP contribution in [0.25, 0.3) is 0 Å². The van der Waals surface area contributed by atoms with E-state index in [4.69, 9.17) is 9.47 Å². The second-order valence-electron chi connectivity index (χ2n) is 7.63. The lowest BCUT2D eigenvalue weighted by atomic mass is 9.92. The van der Waals surface area contributed by atoms with E-state index in [9.17, 15) is 4.79 Å². The molecule has 0 aromatic carbocycles. The Morgan fingerprint density at radius 3 is 2.71 bits per heavy atom. The van der Waals surface area contributed by atoms with Gasteiger partial charge in [0.15, 0.2) is 0 Å². The zero-order valence-corrected chi connectivity index (χ0v) is 15.9. The molecule has 1 aliphatic heterocycles. The quantitative estimate of drug-likeness (QED) is 0.400. The first kappa shape index (κ1) is 19.0. The Morgan fingerprint density at radius 1 is 1.29 bits per heavy atom. The number of fused-ring (bicyclic) bond motifs is 1. The van der Waals surface area contributed by atoms with Crippen LogP contribution in [0.4, 0.5) is 0 Å². The highest BCUT2D eigenvalue weighted by Crippen LogP contribution is 2.43. The minimum absolute atomic E-state index is 0.0128. The average molecular weight is 332 g/mol. The SMILES string of the molecule is COC(=O)/C1=C\C=C(\C(C)C)CC/C(C)=C/CC[C@@]2(C)O[C@@H]2CC1. The number of epoxide rings is 1.